The van der Waals surface area contributed by atoms with E-state index in [4.69, 9.17) is 24.7 Å². The van der Waals surface area contributed by atoms with Crippen molar-refractivity contribution in [3.05, 3.63) is 23.8 Å². The van der Waals surface area contributed by atoms with Crippen molar-refractivity contribution in [1.82, 2.24) is 0 Å². The number of hydrogen-bond donors (Lipinski definition) is 1. The molecule has 2 heterocycles. The van der Waals surface area contributed by atoms with Crippen LogP contribution in [-0.4, -0.2) is 38.7 Å². The third-order valence-electron chi connectivity index (χ3n) is 5.55. The molecule has 134 valence electrons. The van der Waals surface area contributed by atoms with Crippen molar-refractivity contribution in [1.29, 1.82) is 10.5 Å². The van der Waals surface area contributed by atoms with Crippen LogP contribution in [-0.2, 0) is 9.47 Å². The number of amidine groups is 1. The number of ether oxygens (including phenoxy) is 4. The van der Waals surface area contributed by atoms with Crippen molar-refractivity contribution in [2.75, 3.05) is 20.8 Å². The lowest BCUT2D eigenvalue weighted by molar-refractivity contribution is -0.193. The van der Waals surface area contributed by atoms with Crippen molar-refractivity contribution >= 4 is 5.84 Å². The maximum atomic E-state index is 10.2. The van der Waals surface area contributed by atoms with Gasteiger partial charge in [0.05, 0.1) is 39.1 Å². The van der Waals surface area contributed by atoms with Crippen LogP contribution in [0, 0.1) is 33.5 Å². The SMILES string of the molecule is COc1ccc(OC)c([C@H]2[C@@]3(C#N)[C@]4(N=C(N)[C@@]23C#N)OC[C@H](C)O4)c1. The number of methoxy groups -OCH3 is 2. The van der Waals surface area contributed by atoms with Crippen molar-refractivity contribution in [2.45, 2.75) is 24.9 Å². The molecule has 1 spiro atoms. The molecule has 0 amide bonds. The molecular formula is C18H18N4O4. The lowest BCUT2D eigenvalue weighted by atomic mass is 9.93. The summed E-state index contributed by atoms with van der Waals surface area (Å²) in [5.41, 5.74) is 4.07. The maximum Gasteiger partial charge on any atom is 0.293 e. The van der Waals surface area contributed by atoms with E-state index in [2.05, 4.69) is 17.1 Å². The van der Waals surface area contributed by atoms with Crippen LogP contribution in [0.1, 0.15) is 18.4 Å². The molecule has 0 bridgehead atoms. The van der Waals surface area contributed by atoms with E-state index in [0.29, 0.717) is 17.1 Å². The number of hydrogen-bond acceptors (Lipinski definition) is 8. The molecule has 8 nitrogen and oxygen atoms in total. The maximum absolute atomic E-state index is 10.2. The van der Waals surface area contributed by atoms with Gasteiger partial charge in [-0.1, -0.05) is 0 Å². The Bertz CT molecular complexity index is 903. The van der Waals surface area contributed by atoms with Crippen molar-refractivity contribution in [2.24, 2.45) is 21.6 Å². The summed E-state index contributed by atoms with van der Waals surface area (Å²) in [6, 6.07) is 9.72. The average Bonchev–Trinajstić information content (AvgIpc) is 3.04. The highest BCUT2D eigenvalue weighted by Gasteiger charge is 2.94. The second kappa shape index (κ2) is 5.10. The van der Waals surface area contributed by atoms with Crippen LogP contribution < -0.4 is 15.2 Å². The Morgan fingerprint density at radius 1 is 1.27 bits per heavy atom. The average molecular weight is 354 g/mol. The summed E-state index contributed by atoms with van der Waals surface area (Å²) in [6.45, 7) is 2.09. The summed E-state index contributed by atoms with van der Waals surface area (Å²) >= 11 is 0. The smallest absolute Gasteiger partial charge is 0.293 e. The lowest BCUT2D eigenvalue weighted by Crippen LogP contribution is -2.39. The zero-order chi connectivity index (χ0) is 18.7. The fraction of sp³-hybridized carbons (Fsp3) is 0.500. The third-order valence-corrected chi connectivity index (χ3v) is 5.55. The third kappa shape index (κ3) is 1.57. The Hall–Kier alpha value is -2.81. The fourth-order valence-corrected chi connectivity index (χ4v) is 4.39. The molecule has 1 saturated carbocycles. The van der Waals surface area contributed by atoms with E-state index in [0.717, 1.165) is 0 Å². The molecule has 26 heavy (non-hydrogen) atoms. The van der Waals surface area contributed by atoms with Crippen LogP contribution in [0.5, 0.6) is 11.5 Å². The van der Waals surface area contributed by atoms with Gasteiger partial charge in [0.2, 0.25) is 0 Å². The molecule has 1 aliphatic carbocycles. The van der Waals surface area contributed by atoms with Crippen LogP contribution in [0.3, 0.4) is 0 Å². The minimum Gasteiger partial charge on any atom is -0.497 e. The van der Waals surface area contributed by atoms with Gasteiger partial charge in [-0.3, -0.25) is 0 Å². The van der Waals surface area contributed by atoms with Crippen molar-refractivity contribution in [3.8, 4) is 23.6 Å². The van der Waals surface area contributed by atoms with E-state index in [1.807, 2.05) is 6.92 Å². The molecular weight excluding hydrogens is 336 g/mol. The van der Waals surface area contributed by atoms with E-state index in [1.165, 1.54) is 7.11 Å². The highest BCUT2D eigenvalue weighted by molar-refractivity contribution is 6.00. The molecule has 1 aromatic rings. The van der Waals surface area contributed by atoms with Gasteiger partial charge in [0.15, 0.2) is 5.41 Å². The van der Waals surface area contributed by atoms with E-state index in [9.17, 15) is 10.5 Å². The zero-order valence-corrected chi connectivity index (χ0v) is 14.6. The van der Waals surface area contributed by atoms with Gasteiger partial charge in [0.25, 0.3) is 5.91 Å². The molecule has 4 rings (SSSR count). The number of fused-ring (bicyclic) bond motifs is 2. The van der Waals surface area contributed by atoms with Crippen LogP contribution in [0.2, 0.25) is 0 Å². The van der Waals surface area contributed by atoms with Gasteiger partial charge in [0.1, 0.15) is 22.7 Å². The first-order chi connectivity index (χ1) is 12.5. The Morgan fingerprint density at radius 2 is 2.04 bits per heavy atom. The standard InChI is InChI=1S/C18H18N4O4/c1-10-7-25-18(26-10)17(9-20)14(16(17,8-19)15(21)22-18)12-6-11(23-2)4-5-13(12)24-3/h4-6,10,14H,7H2,1-3H3,(H2,21,22)/t10-,14+,16+,17+,18-/m0/s1. The normalized spacial score (nSPS) is 39.7. The van der Waals surface area contributed by atoms with E-state index in [1.54, 1.807) is 25.3 Å². The van der Waals surface area contributed by atoms with E-state index < -0.39 is 22.7 Å². The van der Waals surface area contributed by atoms with Gasteiger partial charge < -0.3 is 24.7 Å². The van der Waals surface area contributed by atoms with Crippen molar-refractivity contribution < 1.29 is 18.9 Å². The molecule has 8 heteroatoms. The minimum absolute atomic E-state index is 0.0468. The number of rotatable bonds is 3. The highest BCUT2D eigenvalue weighted by Crippen LogP contribution is 2.83. The fourth-order valence-electron chi connectivity index (χ4n) is 4.39. The van der Waals surface area contributed by atoms with E-state index >= 15 is 0 Å². The zero-order valence-electron chi connectivity index (χ0n) is 14.6. The second-order valence-electron chi connectivity index (χ2n) is 6.70. The Labute approximate surface area is 150 Å². The number of nitrogens with two attached hydrogens (primary N) is 1. The Balaban J connectivity index is 1.94. The molecule has 2 aliphatic heterocycles. The molecule has 2 fully saturated rings. The first-order valence-electron chi connectivity index (χ1n) is 8.18. The summed E-state index contributed by atoms with van der Waals surface area (Å²) in [5.74, 6) is -1.04. The van der Waals surface area contributed by atoms with Gasteiger partial charge in [-0.25, -0.2) is 4.99 Å². The second-order valence-corrected chi connectivity index (χ2v) is 6.70. The first kappa shape index (κ1) is 16.6. The predicted octanol–water partition coefficient (Wildman–Crippen LogP) is 1.28. The van der Waals surface area contributed by atoms with Gasteiger partial charge in [-0.2, -0.15) is 10.5 Å². The van der Waals surface area contributed by atoms with Crippen LogP contribution in [0.4, 0.5) is 0 Å². The topological polar surface area (TPSA) is 123 Å². The molecule has 0 unspecified atom stereocenters. The van der Waals surface area contributed by atoms with Gasteiger partial charge in [0, 0.05) is 11.5 Å². The molecule has 5 atom stereocenters. The summed E-state index contributed by atoms with van der Waals surface area (Å²) in [6.07, 6.45) is -0.264. The highest BCUT2D eigenvalue weighted by atomic mass is 16.8. The summed E-state index contributed by atoms with van der Waals surface area (Å²) in [4.78, 5) is 4.29. The molecule has 0 radical (unpaired) electrons. The van der Waals surface area contributed by atoms with Crippen LogP contribution >= 0.6 is 0 Å². The van der Waals surface area contributed by atoms with Crippen LogP contribution in [0.25, 0.3) is 0 Å². The number of aliphatic imine (C=N–C) groups is 1. The first-order valence-corrected chi connectivity index (χ1v) is 8.18. The van der Waals surface area contributed by atoms with E-state index in [-0.39, 0.29) is 18.5 Å². The number of benzene rings is 1. The Kier molecular flexibility index (Phi) is 3.27. The summed E-state index contributed by atoms with van der Waals surface area (Å²) < 4.78 is 22.5. The number of nitriles is 2. The molecule has 1 saturated heterocycles. The largest absolute Gasteiger partial charge is 0.497 e. The van der Waals surface area contributed by atoms with Gasteiger partial charge in [-0.15, -0.1) is 0 Å². The molecule has 0 aromatic heterocycles. The number of nitrogens with zero attached hydrogens (tertiary/aromatic N) is 3. The summed E-state index contributed by atoms with van der Waals surface area (Å²) in [5, 5.41) is 20.2. The predicted molar refractivity (Wildman–Crippen MR) is 89.2 cm³/mol. The lowest BCUT2D eigenvalue weighted by Gasteiger charge is -2.26. The van der Waals surface area contributed by atoms with Crippen molar-refractivity contribution in [3.63, 3.8) is 0 Å². The quantitative estimate of drug-likeness (QED) is 0.867. The van der Waals surface area contributed by atoms with Crippen LogP contribution in [0.15, 0.2) is 23.2 Å². The molecule has 1 aromatic carbocycles. The van der Waals surface area contributed by atoms with Gasteiger partial charge in [-0.05, 0) is 25.1 Å². The minimum atomic E-state index is -1.58. The summed E-state index contributed by atoms with van der Waals surface area (Å²) in [7, 11) is 3.07. The monoisotopic (exact) mass is 354 g/mol. The molecule has 3 aliphatic rings. The Morgan fingerprint density at radius 3 is 2.58 bits per heavy atom. The molecule has 2 N–H and O–H groups in total. The van der Waals surface area contributed by atoms with Gasteiger partial charge >= 0.3 is 0 Å².